The van der Waals surface area contributed by atoms with E-state index in [1.54, 1.807) is 36.4 Å². The van der Waals surface area contributed by atoms with E-state index in [2.05, 4.69) is 10.5 Å². The topological polar surface area (TPSA) is 83.7 Å². The van der Waals surface area contributed by atoms with E-state index in [-0.39, 0.29) is 0 Å². The molecule has 0 aliphatic rings. The van der Waals surface area contributed by atoms with E-state index in [1.807, 2.05) is 55.5 Å². The minimum absolute atomic E-state index is 0.430. The van der Waals surface area contributed by atoms with Crippen molar-refractivity contribution in [3.05, 3.63) is 95.6 Å². The lowest BCUT2D eigenvalue weighted by Gasteiger charge is -2.12. The fourth-order valence-electron chi connectivity index (χ4n) is 2.89. The Balaban J connectivity index is 1.65. The first-order valence-electron chi connectivity index (χ1n) is 9.92. The first kappa shape index (κ1) is 21.6. The molecule has 0 aliphatic heterocycles. The molecule has 0 aromatic heterocycles. The van der Waals surface area contributed by atoms with Crippen LogP contribution in [0.25, 0.3) is 0 Å². The average molecular weight is 413 g/mol. The molecule has 156 valence electrons. The van der Waals surface area contributed by atoms with Crippen molar-refractivity contribution in [2.45, 2.75) is 19.4 Å². The van der Waals surface area contributed by atoms with Gasteiger partial charge in [-0.3, -0.25) is 4.79 Å². The third kappa shape index (κ3) is 6.18. The molecule has 3 aromatic carbocycles. The minimum Gasteiger partial charge on any atom is -0.490 e. The van der Waals surface area contributed by atoms with Crippen molar-refractivity contribution in [3.63, 3.8) is 0 Å². The van der Waals surface area contributed by atoms with Crippen LogP contribution in [0.5, 0.6) is 11.5 Å². The molecular weight excluding hydrogens is 390 g/mol. The van der Waals surface area contributed by atoms with Crippen molar-refractivity contribution in [2.75, 3.05) is 6.61 Å². The Bertz CT molecular complexity index is 1060. The van der Waals surface area contributed by atoms with Gasteiger partial charge in [-0.2, -0.15) is 10.4 Å². The van der Waals surface area contributed by atoms with Gasteiger partial charge >= 0.3 is 0 Å². The number of benzene rings is 3. The summed E-state index contributed by atoms with van der Waals surface area (Å²) in [6, 6.07) is 26.2. The minimum atomic E-state index is -0.925. The number of rotatable bonds is 9. The van der Waals surface area contributed by atoms with Crippen LogP contribution in [0, 0.1) is 11.3 Å². The zero-order valence-electron chi connectivity index (χ0n) is 17.2. The summed E-state index contributed by atoms with van der Waals surface area (Å²) in [5, 5.41) is 13.3. The van der Waals surface area contributed by atoms with Crippen LogP contribution in [0.2, 0.25) is 0 Å². The maximum Gasteiger partial charge on any atom is 0.261 e. The Morgan fingerprint density at radius 2 is 1.74 bits per heavy atom. The van der Waals surface area contributed by atoms with Gasteiger partial charge in [0, 0.05) is 0 Å². The van der Waals surface area contributed by atoms with Crippen LogP contribution in [-0.2, 0) is 11.4 Å². The molecular formula is C25H23N3O3. The number of carbonyl (C=O) groups excluding carboxylic acids is 1. The second-order valence-electron chi connectivity index (χ2n) is 6.62. The molecule has 0 spiro atoms. The van der Waals surface area contributed by atoms with E-state index in [4.69, 9.17) is 9.47 Å². The fourth-order valence-corrected chi connectivity index (χ4v) is 2.89. The molecule has 0 fully saturated rings. The van der Waals surface area contributed by atoms with E-state index in [0.717, 1.165) is 11.1 Å². The largest absolute Gasteiger partial charge is 0.490 e. The highest BCUT2D eigenvalue weighted by Crippen LogP contribution is 2.29. The fraction of sp³-hybridized carbons (Fsp3) is 0.160. The summed E-state index contributed by atoms with van der Waals surface area (Å²) >= 11 is 0. The van der Waals surface area contributed by atoms with Gasteiger partial charge in [-0.25, -0.2) is 5.43 Å². The van der Waals surface area contributed by atoms with E-state index in [1.165, 1.54) is 6.21 Å². The molecule has 0 saturated carbocycles. The van der Waals surface area contributed by atoms with Crippen molar-refractivity contribution in [1.29, 1.82) is 5.26 Å². The van der Waals surface area contributed by atoms with Gasteiger partial charge in [-0.1, -0.05) is 60.7 Å². The van der Waals surface area contributed by atoms with Gasteiger partial charge in [-0.15, -0.1) is 0 Å². The highest BCUT2D eigenvalue weighted by Gasteiger charge is 2.19. The summed E-state index contributed by atoms with van der Waals surface area (Å²) in [5.74, 6) is -0.197. The van der Waals surface area contributed by atoms with E-state index >= 15 is 0 Å². The van der Waals surface area contributed by atoms with Crippen molar-refractivity contribution >= 4 is 12.1 Å². The van der Waals surface area contributed by atoms with Crippen LogP contribution < -0.4 is 14.9 Å². The van der Waals surface area contributed by atoms with Crippen LogP contribution >= 0.6 is 0 Å². The standard InChI is InChI=1S/C25H23N3O3/c1-2-30-24-15-20(13-14-23(24)31-18-19-9-5-3-6-10-19)17-27-28-25(29)22(16-26)21-11-7-4-8-12-21/h3-15,17,22H,2,18H2,1H3,(H,28,29)/b27-17-/t22-/m1/s1. The number of nitrogens with one attached hydrogen (secondary N) is 1. The molecule has 0 bridgehead atoms. The lowest BCUT2D eigenvalue weighted by atomic mass is 10.0. The Morgan fingerprint density at radius 1 is 1.03 bits per heavy atom. The Hall–Kier alpha value is -4.11. The maximum absolute atomic E-state index is 12.3. The van der Waals surface area contributed by atoms with Gasteiger partial charge in [0.25, 0.3) is 5.91 Å². The molecule has 0 radical (unpaired) electrons. The molecule has 6 nitrogen and oxygen atoms in total. The molecule has 6 heteroatoms. The van der Waals surface area contributed by atoms with Crippen molar-refractivity contribution < 1.29 is 14.3 Å². The van der Waals surface area contributed by atoms with Gasteiger partial charge in [0.2, 0.25) is 0 Å². The Morgan fingerprint density at radius 3 is 2.42 bits per heavy atom. The average Bonchev–Trinajstić information content (AvgIpc) is 2.81. The number of carbonyl (C=O) groups is 1. The Labute approximate surface area is 181 Å². The summed E-state index contributed by atoms with van der Waals surface area (Å²) in [7, 11) is 0. The van der Waals surface area contributed by atoms with E-state index < -0.39 is 11.8 Å². The van der Waals surface area contributed by atoms with Crippen LogP contribution in [0.3, 0.4) is 0 Å². The highest BCUT2D eigenvalue weighted by molar-refractivity contribution is 5.88. The lowest BCUT2D eigenvalue weighted by molar-refractivity contribution is -0.121. The number of hydrogen-bond donors (Lipinski definition) is 1. The number of hydrazone groups is 1. The molecule has 3 rings (SSSR count). The predicted octanol–water partition coefficient (Wildman–Crippen LogP) is 4.42. The summed E-state index contributed by atoms with van der Waals surface area (Å²) in [6.45, 7) is 2.81. The number of ether oxygens (including phenoxy) is 2. The van der Waals surface area contributed by atoms with Gasteiger partial charge in [0.05, 0.1) is 18.9 Å². The monoisotopic (exact) mass is 413 g/mol. The van der Waals surface area contributed by atoms with Crippen LogP contribution in [0.1, 0.15) is 29.5 Å². The molecule has 0 unspecified atom stereocenters. The third-order valence-corrected chi connectivity index (χ3v) is 4.42. The van der Waals surface area contributed by atoms with Crippen molar-refractivity contribution in [2.24, 2.45) is 5.10 Å². The number of nitriles is 1. The number of amides is 1. The zero-order valence-corrected chi connectivity index (χ0v) is 17.2. The predicted molar refractivity (Wildman–Crippen MR) is 119 cm³/mol. The summed E-state index contributed by atoms with van der Waals surface area (Å²) in [5.41, 5.74) is 4.84. The molecule has 3 aromatic rings. The summed E-state index contributed by atoms with van der Waals surface area (Å²) in [4.78, 5) is 12.3. The lowest BCUT2D eigenvalue weighted by Crippen LogP contribution is -2.24. The van der Waals surface area contributed by atoms with Gasteiger partial charge in [-0.05, 0) is 41.8 Å². The molecule has 0 saturated heterocycles. The first-order chi connectivity index (χ1) is 15.2. The quantitative estimate of drug-likeness (QED) is 0.416. The third-order valence-electron chi connectivity index (χ3n) is 4.42. The first-order valence-corrected chi connectivity index (χ1v) is 9.92. The van der Waals surface area contributed by atoms with Gasteiger partial charge < -0.3 is 9.47 Å². The summed E-state index contributed by atoms with van der Waals surface area (Å²) in [6.07, 6.45) is 1.50. The Kier molecular flexibility index (Phi) is 7.78. The maximum atomic E-state index is 12.3. The number of nitrogens with zero attached hydrogens (tertiary/aromatic N) is 2. The molecule has 0 aliphatic carbocycles. The zero-order chi connectivity index (χ0) is 21.9. The van der Waals surface area contributed by atoms with E-state index in [9.17, 15) is 10.1 Å². The normalized spacial score (nSPS) is 11.5. The SMILES string of the molecule is CCOc1cc(/C=N\NC(=O)[C@H](C#N)c2ccccc2)ccc1OCc1ccccc1. The second-order valence-corrected chi connectivity index (χ2v) is 6.62. The van der Waals surface area contributed by atoms with Gasteiger partial charge in [0.15, 0.2) is 17.4 Å². The highest BCUT2D eigenvalue weighted by atomic mass is 16.5. The molecule has 1 amide bonds. The van der Waals surface area contributed by atoms with Crippen molar-refractivity contribution in [1.82, 2.24) is 5.43 Å². The van der Waals surface area contributed by atoms with Crippen LogP contribution in [-0.4, -0.2) is 18.7 Å². The summed E-state index contributed by atoms with van der Waals surface area (Å²) < 4.78 is 11.6. The van der Waals surface area contributed by atoms with Gasteiger partial charge in [0.1, 0.15) is 6.61 Å². The smallest absolute Gasteiger partial charge is 0.261 e. The number of hydrogen-bond acceptors (Lipinski definition) is 5. The van der Waals surface area contributed by atoms with E-state index in [0.29, 0.717) is 30.3 Å². The molecule has 1 N–H and O–H groups in total. The second kappa shape index (κ2) is 11.2. The molecule has 31 heavy (non-hydrogen) atoms. The van der Waals surface area contributed by atoms with Crippen molar-refractivity contribution in [3.8, 4) is 17.6 Å². The van der Waals surface area contributed by atoms with Crippen LogP contribution in [0.4, 0.5) is 0 Å². The molecule has 0 heterocycles. The molecule has 1 atom stereocenters. The van der Waals surface area contributed by atoms with Crippen LogP contribution in [0.15, 0.2) is 84.0 Å².